The van der Waals surface area contributed by atoms with Crippen LogP contribution in [0.4, 0.5) is 0 Å². The summed E-state index contributed by atoms with van der Waals surface area (Å²) >= 11 is 0. The van der Waals surface area contributed by atoms with Crippen molar-refractivity contribution in [3.63, 3.8) is 0 Å². The third-order valence-electron chi connectivity index (χ3n) is 3.93. The van der Waals surface area contributed by atoms with E-state index in [1.54, 1.807) is 16.8 Å². The first-order chi connectivity index (χ1) is 8.94. The van der Waals surface area contributed by atoms with Crippen LogP contribution >= 0.6 is 12.4 Å². The molecule has 1 fully saturated rings. The minimum Gasteiger partial charge on any atom is -0.342 e. The Morgan fingerprint density at radius 1 is 1.20 bits per heavy atom. The molecule has 20 heavy (non-hydrogen) atoms. The van der Waals surface area contributed by atoms with Gasteiger partial charge in [-0.2, -0.15) is 0 Å². The second kappa shape index (κ2) is 8.47. The fraction of sp³-hybridized carbons (Fsp3) is 0.857. The van der Waals surface area contributed by atoms with Crippen molar-refractivity contribution in [1.29, 1.82) is 0 Å². The summed E-state index contributed by atoms with van der Waals surface area (Å²) in [6.07, 6.45) is 3.02. The summed E-state index contributed by atoms with van der Waals surface area (Å²) in [5.74, 6) is 0.0352. The molecule has 1 unspecified atom stereocenters. The van der Waals surface area contributed by atoms with Crippen LogP contribution in [0.25, 0.3) is 0 Å². The van der Waals surface area contributed by atoms with Crippen molar-refractivity contribution >= 4 is 24.2 Å². The van der Waals surface area contributed by atoms with E-state index in [0.717, 1.165) is 25.8 Å². The molecule has 5 nitrogen and oxygen atoms in total. The van der Waals surface area contributed by atoms with Gasteiger partial charge in [0, 0.05) is 20.1 Å². The van der Waals surface area contributed by atoms with Gasteiger partial charge in [0.05, 0.1) is 12.1 Å². The van der Waals surface area contributed by atoms with Crippen LogP contribution < -0.4 is 5.32 Å². The minimum absolute atomic E-state index is 0. The van der Waals surface area contributed by atoms with E-state index in [1.807, 2.05) is 20.8 Å². The lowest BCUT2D eigenvalue weighted by Gasteiger charge is -2.36. The predicted molar refractivity (Wildman–Crippen MR) is 83.1 cm³/mol. The van der Waals surface area contributed by atoms with Crippen LogP contribution in [-0.2, 0) is 9.59 Å². The summed E-state index contributed by atoms with van der Waals surface area (Å²) in [7, 11) is 1.71. The summed E-state index contributed by atoms with van der Waals surface area (Å²) < 4.78 is 0. The molecule has 1 rings (SSSR count). The van der Waals surface area contributed by atoms with Crippen molar-refractivity contribution < 1.29 is 9.59 Å². The van der Waals surface area contributed by atoms with Crippen LogP contribution in [0, 0.1) is 0 Å². The van der Waals surface area contributed by atoms with E-state index in [-0.39, 0.29) is 30.8 Å². The van der Waals surface area contributed by atoms with Gasteiger partial charge in [0.2, 0.25) is 11.8 Å². The second-order valence-corrected chi connectivity index (χ2v) is 5.44. The van der Waals surface area contributed by atoms with Crippen LogP contribution in [0.15, 0.2) is 0 Å². The molecule has 0 radical (unpaired) electrons. The molecule has 1 saturated heterocycles. The molecule has 0 aromatic carbocycles. The highest BCUT2D eigenvalue weighted by molar-refractivity contribution is 5.90. The zero-order valence-corrected chi connectivity index (χ0v) is 13.9. The van der Waals surface area contributed by atoms with Crippen molar-refractivity contribution in [1.82, 2.24) is 15.1 Å². The number of carbonyl (C=O) groups excluding carboxylic acids is 2. The largest absolute Gasteiger partial charge is 0.342 e. The Balaban J connectivity index is 0.00000361. The minimum atomic E-state index is -0.503. The monoisotopic (exact) mass is 305 g/mol. The molecule has 118 valence electrons. The zero-order valence-electron chi connectivity index (χ0n) is 13.1. The van der Waals surface area contributed by atoms with Gasteiger partial charge < -0.3 is 15.1 Å². The topological polar surface area (TPSA) is 52.7 Å². The Kier molecular flexibility index (Phi) is 8.13. The molecule has 0 aliphatic carbocycles. The quantitative estimate of drug-likeness (QED) is 0.832. The van der Waals surface area contributed by atoms with Crippen molar-refractivity contribution in [3.8, 4) is 0 Å². The first-order valence-corrected chi connectivity index (χ1v) is 7.23. The van der Waals surface area contributed by atoms with Gasteiger partial charge in [-0.25, -0.2) is 0 Å². The highest BCUT2D eigenvalue weighted by Gasteiger charge is 2.36. The van der Waals surface area contributed by atoms with E-state index in [2.05, 4.69) is 5.32 Å². The summed E-state index contributed by atoms with van der Waals surface area (Å²) in [5.41, 5.74) is -0.503. The molecule has 0 bridgehead atoms. The van der Waals surface area contributed by atoms with Gasteiger partial charge in [0.15, 0.2) is 0 Å². The van der Waals surface area contributed by atoms with Crippen LogP contribution in [0.3, 0.4) is 0 Å². The Bertz CT molecular complexity index is 326. The van der Waals surface area contributed by atoms with Crippen molar-refractivity contribution in [2.45, 2.75) is 45.6 Å². The average molecular weight is 306 g/mol. The Morgan fingerprint density at radius 2 is 1.80 bits per heavy atom. The van der Waals surface area contributed by atoms with Gasteiger partial charge >= 0.3 is 0 Å². The normalized spacial score (nSPS) is 21.8. The summed E-state index contributed by atoms with van der Waals surface area (Å²) in [6.45, 7) is 8.25. The Labute approximate surface area is 128 Å². The lowest BCUT2D eigenvalue weighted by molar-refractivity contribution is -0.143. The molecule has 2 amide bonds. The van der Waals surface area contributed by atoms with Gasteiger partial charge in [-0.1, -0.05) is 0 Å². The highest BCUT2D eigenvalue weighted by Crippen LogP contribution is 2.20. The molecular weight excluding hydrogens is 278 g/mol. The van der Waals surface area contributed by atoms with Gasteiger partial charge in [0.25, 0.3) is 0 Å². The van der Waals surface area contributed by atoms with E-state index >= 15 is 0 Å². The maximum atomic E-state index is 12.4. The lowest BCUT2D eigenvalue weighted by atomic mass is 9.89. The van der Waals surface area contributed by atoms with Crippen LogP contribution in [-0.4, -0.2) is 60.4 Å². The third kappa shape index (κ3) is 4.63. The second-order valence-electron chi connectivity index (χ2n) is 5.44. The number of hydrogen-bond acceptors (Lipinski definition) is 3. The van der Waals surface area contributed by atoms with Crippen LogP contribution in [0.5, 0.6) is 0 Å². The molecule has 1 heterocycles. The number of amides is 2. The number of likely N-dealkylation sites (N-methyl/N-ethyl adjacent to an activating group) is 2. The Hall–Kier alpha value is -0.810. The Morgan fingerprint density at radius 3 is 2.25 bits per heavy atom. The first-order valence-electron chi connectivity index (χ1n) is 7.23. The SMILES string of the molecule is CCN(CC)C(=O)CN(C)C(=O)C1(C)CCCCN1.Cl. The molecular formula is C14H28ClN3O2. The number of nitrogens with one attached hydrogen (secondary N) is 1. The maximum Gasteiger partial charge on any atom is 0.242 e. The molecule has 0 spiro atoms. The van der Waals surface area contributed by atoms with E-state index < -0.39 is 5.54 Å². The highest BCUT2D eigenvalue weighted by atomic mass is 35.5. The van der Waals surface area contributed by atoms with E-state index in [1.165, 1.54) is 0 Å². The molecule has 0 saturated carbocycles. The smallest absolute Gasteiger partial charge is 0.242 e. The number of piperidine rings is 1. The first kappa shape index (κ1) is 19.2. The summed E-state index contributed by atoms with van der Waals surface area (Å²) in [6, 6.07) is 0. The van der Waals surface area contributed by atoms with Gasteiger partial charge in [-0.15, -0.1) is 12.4 Å². The number of hydrogen-bond donors (Lipinski definition) is 1. The summed E-state index contributed by atoms with van der Waals surface area (Å²) in [4.78, 5) is 27.8. The van der Waals surface area contributed by atoms with Crippen LogP contribution in [0.1, 0.15) is 40.0 Å². The molecule has 1 atom stereocenters. The van der Waals surface area contributed by atoms with Crippen LogP contribution in [0.2, 0.25) is 0 Å². The molecule has 1 N–H and O–H groups in total. The van der Waals surface area contributed by atoms with E-state index in [9.17, 15) is 9.59 Å². The molecule has 0 aromatic heterocycles. The molecule has 6 heteroatoms. The predicted octanol–water partition coefficient (Wildman–Crippen LogP) is 1.27. The fourth-order valence-electron chi connectivity index (χ4n) is 2.61. The fourth-order valence-corrected chi connectivity index (χ4v) is 2.61. The third-order valence-corrected chi connectivity index (χ3v) is 3.93. The number of rotatable bonds is 5. The average Bonchev–Trinajstić information content (AvgIpc) is 2.40. The number of carbonyl (C=O) groups is 2. The standard InChI is InChI=1S/C14H27N3O2.ClH/c1-5-17(6-2)12(18)11-16(4)13(19)14(3)9-7-8-10-15-14;/h15H,5-11H2,1-4H3;1H. The number of halogens is 1. The van der Waals surface area contributed by atoms with Crippen molar-refractivity contribution in [2.75, 3.05) is 33.2 Å². The molecule has 0 aromatic rings. The van der Waals surface area contributed by atoms with Crippen molar-refractivity contribution in [3.05, 3.63) is 0 Å². The van der Waals surface area contributed by atoms with Crippen molar-refractivity contribution in [2.24, 2.45) is 0 Å². The van der Waals surface area contributed by atoms with Gasteiger partial charge in [-0.05, 0) is 46.6 Å². The lowest BCUT2D eigenvalue weighted by Crippen LogP contribution is -2.58. The zero-order chi connectivity index (χ0) is 14.5. The molecule has 1 aliphatic rings. The molecule has 1 aliphatic heterocycles. The van der Waals surface area contributed by atoms with E-state index in [0.29, 0.717) is 13.1 Å². The van der Waals surface area contributed by atoms with Gasteiger partial charge in [-0.3, -0.25) is 9.59 Å². The number of nitrogens with zero attached hydrogens (tertiary/aromatic N) is 2. The summed E-state index contributed by atoms with van der Waals surface area (Å²) in [5, 5.41) is 3.29. The van der Waals surface area contributed by atoms with Gasteiger partial charge in [0.1, 0.15) is 0 Å². The van der Waals surface area contributed by atoms with E-state index in [4.69, 9.17) is 0 Å². The maximum absolute atomic E-state index is 12.4.